The Bertz CT molecular complexity index is 534. The number of carboxylic acids is 1. The Labute approximate surface area is 159 Å². The number of benzene rings is 1. The highest BCUT2D eigenvalue weighted by Gasteiger charge is 2.22. The Kier molecular flexibility index (Phi) is 13.4. The maximum atomic E-state index is 12.2. The molecule has 0 aromatic heterocycles. The number of amides is 1. The fourth-order valence-electron chi connectivity index (χ4n) is 2.39. The average molecular weight is 360 g/mol. The molecule has 2 N–H and O–H groups in total. The van der Waals surface area contributed by atoms with Crippen LogP contribution in [0.15, 0.2) is 24.3 Å². The first-order valence-corrected chi connectivity index (χ1v) is 9.51. The molecule has 1 amide bonds. The van der Waals surface area contributed by atoms with Crippen molar-refractivity contribution in [2.45, 2.75) is 59.3 Å². The van der Waals surface area contributed by atoms with Gasteiger partial charge in [0.25, 0.3) is 0 Å². The lowest BCUT2D eigenvalue weighted by Gasteiger charge is -2.22. The summed E-state index contributed by atoms with van der Waals surface area (Å²) in [4.78, 5) is 25.1. The van der Waals surface area contributed by atoms with E-state index in [1.165, 1.54) is 19.7 Å². The average Bonchev–Trinajstić information content (AvgIpc) is 3.51. The molecule has 2 radical (unpaired) electrons. The number of aromatic carboxylic acids is 1. The lowest BCUT2D eigenvalue weighted by atomic mass is 10.1. The van der Waals surface area contributed by atoms with Crippen molar-refractivity contribution in [3.8, 4) is 0 Å². The molecule has 0 aliphatic heterocycles. The SMILES string of the molecule is CC.CCCN(CCc1cccc(C(=O)O)c1)C(=O)CNC1CC1.[B]C. The number of nitrogens with zero attached hydrogens (tertiary/aromatic N) is 1. The lowest BCUT2D eigenvalue weighted by Crippen LogP contribution is -2.40. The first-order chi connectivity index (χ1) is 12.6. The van der Waals surface area contributed by atoms with Gasteiger partial charge in [0, 0.05) is 19.1 Å². The third-order valence-corrected chi connectivity index (χ3v) is 3.81. The minimum Gasteiger partial charge on any atom is -0.478 e. The summed E-state index contributed by atoms with van der Waals surface area (Å²) in [6.45, 7) is 9.32. The molecule has 0 heterocycles. The van der Waals surface area contributed by atoms with Gasteiger partial charge in [0.05, 0.1) is 20.0 Å². The van der Waals surface area contributed by atoms with Crippen molar-refractivity contribution < 1.29 is 14.7 Å². The number of rotatable bonds is 9. The van der Waals surface area contributed by atoms with Gasteiger partial charge in [-0.3, -0.25) is 4.79 Å². The molecular formula is C20H33BN2O3. The number of carbonyl (C=O) groups is 2. The summed E-state index contributed by atoms with van der Waals surface area (Å²) in [7, 11) is 4.50. The van der Waals surface area contributed by atoms with Crippen molar-refractivity contribution in [2.24, 2.45) is 0 Å². The monoisotopic (exact) mass is 360 g/mol. The predicted octanol–water partition coefficient (Wildman–Crippen LogP) is 3.15. The van der Waals surface area contributed by atoms with E-state index in [1.54, 1.807) is 18.2 Å². The van der Waals surface area contributed by atoms with E-state index < -0.39 is 5.97 Å². The number of hydrogen-bond acceptors (Lipinski definition) is 3. The van der Waals surface area contributed by atoms with Gasteiger partial charge in [-0.25, -0.2) is 4.79 Å². The van der Waals surface area contributed by atoms with Crippen LogP contribution in [-0.2, 0) is 11.2 Å². The van der Waals surface area contributed by atoms with Gasteiger partial charge in [0.1, 0.15) is 0 Å². The van der Waals surface area contributed by atoms with E-state index in [9.17, 15) is 9.59 Å². The molecule has 0 saturated heterocycles. The molecule has 1 saturated carbocycles. The topological polar surface area (TPSA) is 69.6 Å². The van der Waals surface area contributed by atoms with E-state index in [1.807, 2.05) is 24.8 Å². The summed E-state index contributed by atoms with van der Waals surface area (Å²) < 4.78 is 0. The summed E-state index contributed by atoms with van der Waals surface area (Å²) in [6.07, 6.45) is 3.94. The van der Waals surface area contributed by atoms with Gasteiger partial charge in [0.2, 0.25) is 5.91 Å². The highest BCUT2D eigenvalue weighted by Crippen LogP contribution is 2.18. The van der Waals surface area contributed by atoms with Crippen LogP contribution in [0.4, 0.5) is 0 Å². The summed E-state index contributed by atoms with van der Waals surface area (Å²) in [5.74, 6) is -0.792. The Balaban J connectivity index is 0.00000146. The Hall–Kier alpha value is -1.82. The second kappa shape index (κ2) is 14.4. The fourth-order valence-corrected chi connectivity index (χ4v) is 2.39. The Morgan fingerprint density at radius 2 is 1.88 bits per heavy atom. The van der Waals surface area contributed by atoms with E-state index in [4.69, 9.17) is 5.11 Å². The van der Waals surface area contributed by atoms with Crippen molar-refractivity contribution in [3.05, 3.63) is 35.4 Å². The molecule has 1 aromatic rings. The van der Waals surface area contributed by atoms with E-state index in [0.29, 0.717) is 31.1 Å². The molecular weight excluding hydrogens is 327 g/mol. The van der Waals surface area contributed by atoms with Gasteiger partial charge < -0.3 is 15.3 Å². The van der Waals surface area contributed by atoms with Crippen molar-refractivity contribution in [1.29, 1.82) is 0 Å². The molecule has 1 fully saturated rings. The maximum absolute atomic E-state index is 12.2. The smallest absolute Gasteiger partial charge is 0.335 e. The van der Waals surface area contributed by atoms with E-state index >= 15 is 0 Å². The molecule has 0 unspecified atom stereocenters. The van der Waals surface area contributed by atoms with Crippen LogP contribution in [0.25, 0.3) is 0 Å². The van der Waals surface area contributed by atoms with Crippen molar-refractivity contribution in [1.82, 2.24) is 10.2 Å². The Morgan fingerprint density at radius 1 is 1.23 bits per heavy atom. The molecule has 5 nitrogen and oxygen atoms in total. The van der Waals surface area contributed by atoms with Crippen molar-refractivity contribution in [2.75, 3.05) is 19.6 Å². The van der Waals surface area contributed by atoms with Crippen LogP contribution >= 0.6 is 0 Å². The summed E-state index contributed by atoms with van der Waals surface area (Å²) in [6, 6.07) is 7.45. The molecule has 6 heteroatoms. The van der Waals surface area contributed by atoms with Crippen LogP contribution in [0, 0.1) is 0 Å². The molecule has 0 spiro atoms. The minimum absolute atomic E-state index is 0.128. The zero-order valence-corrected chi connectivity index (χ0v) is 16.6. The summed E-state index contributed by atoms with van der Waals surface area (Å²) in [5.41, 5.74) is 1.24. The molecule has 0 atom stereocenters. The molecule has 2 rings (SSSR count). The number of carbonyl (C=O) groups excluding carboxylic acids is 1. The first-order valence-electron chi connectivity index (χ1n) is 9.51. The van der Waals surface area contributed by atoms with E-state index in [2.05, 4.69) is 20.1 Å². The zero-order valence-electron chi connectivity index (χ0n) is 16.6. The van der Waals surface area contributed by atoms with E-state index in [0.717, 1.165) is 18.5 Å². The minimum atomic E-state index is -0.919. The highest BCUT2D eigenvalue weighted by molar-refractivity contribution is 6.05. The molecule has 26 heavy (non-hydrogen) atoms. The van der Waals surface area contributed by atoms with Crippen LogP contribution < -0.4 is 5.32 Å². The van der Waals surface area contributed by atoms with Crippen molar-refractivity contribution in [3.63, 3.8) is 0 Å². The van der Waals surface area contributed by atoms with Gasteiger partial charge in [0.15, 0.2) is 0 Å². The second-order valence-electron chi connectivity index (χ2n) is 5.79. The predicted molar refractivity (Wildman–Crippen MR) is 108 cm³/mol. The largest absolute Gasteiger partial charge is 0.478 e. The van der Waals surface area contributed by atoms with Gasteiger partial charge in [-0.05, 0) is 43.4 Å². The highest BCUT2D eigenvalue weighted by atomic mass is 16.4. The standard InChI is InChI=1S/C17H24N2O3.C2H6.CH3B/c1-2-9-19(16(20)12-18-15-6-7-15)10-8-13-4-3-5-14(11-13)17(21)22;2*1-2/h3-5,11,15,18H,2,6-10,12H2,1H3,(H,21,22);1-2H3;1H3. The fraction of sp³-hybridized carbons (Fsp3) is 0.600. The quantitative estimate of drug-likeness (QED) is 0.664. The van der Waals surface area contributed by atoms with Crippen molar-refractivity contribution >= 4 is 19.7 Å². The second-order valence-corrected chi connectivity index (χ2v) is 5.79. The van der Waals surface area contributed by atoms with Crippen LogP contribution in [0.1, 0.15) is 56.0 Å². The number of carboxylic acid groups (broad SMARTS) is 1. The summed E-state index contributed by atoms with van der Waals surface area (Å²) in [5, 5.41) is 12.3. The van der Waals surface area contributed by atoms with Gasteiger partial charge >= 0.3 is 5.97 Å². The molecule has 1 aliphatic carbocycles. The molecule has 1 aliphatic rings. The van der Waals surface area contributed by atoms with Crippen LogP contribution in [0.2, 0.25) is 6.82 Å². The number of nitrogens with one attached hydrogen (secondary N) is 1. The van der Waals surface area contributed by atoms with E-state index in [-0.39, 0.29) is 5.91 Å². The maximum Gasteiger partial charge on any atom is 0.335 e. The lowest BCUT2D eigenvalue weighted by molar-refractivity contribution is -0.130. The zero-order chi connectivity index (χ0) is 19.9. The van der Waals surface area contributed by atoms with Crippen LogP contribution in [0.5, 0.6) is 0 Å². The third kappa shape index (κ3) is 9.61. The number of hydrogen-bond donors (Lipinski definition) is 2. The van der Waals surface area contributed by atoms with Gasteiger partial charge in [-0.1, -0.05) is 39.7 Å². The van der Waals surface area contributed by atoms with Gasteiger partial charge in [-0.15, -0.1) is 0 Å². The van der Waals surface area contributed by atoms with Gasteiger partial charge in [-0.2, -0.15) is 0 Å². The Morgan fingerprint density at radius 3 is 2.42 bits per heavy atom. The summed E-state index contributed by atoms with van der Waals surface area (Å²) >= 11 is 0. The molecule has 0 bridgehead atoms. The first kappa shape index (κ1) is 24.2. The molecule has 144 valence electrons. The van der Waals surface area contributed by atoms with Crippen LogP contribution in [-0.4, -0.2) is 55.4 Å². The molecule has 1 aromatic carbocycles. The normalized spacial score (nSPS) is 12.2. The van der Waals surface area contributed by atoms with Crippen LogP contribution in [0.3, 0.4) is 0 Å². The third-order valence-electron chi connectivity index (χ3n) is 3.81.